The van der Waals surface area contributed by atoms with Crippen LogP contribution in [-0.4, -0.2) is 24.8 Å². The van der Waals surface area contributed by atoms with E-state index in [1.54, 1.807) is 0 Å². The Morgan fingerprint density at radius 2 is 2.40 bits per heavy atom. The van der Waals surface area contributed by atoms with Crippen molar-refractivity contribution < 1.29 is 14.0 Å². The molecule has 1 atom stereocenters. The Morgan fingerprint density at radius 3 is 3.13 bits per heavy atom. The largest absolute Gasteiger partial charge is 0.444 e. The Balaban J connectivity index is 2.52. The zero-order valence-electron chi connectivity index (χ0n) is 7.49. The molecule has 8 heteroatoms. The van der Waals surface area contributed by atoms with Crippen molar-refractivity contribution in [2.45, 2.75) is 0 Å². The number of fused-ring (bicyclic) bond motifs is 1. The van der Waals surface area contributed by atoms with Gasteiger partial charge in [0.2, 0.25) is 0 Å². The summed E-state index contributed by atoms with van der Waals surface area (Å²) in [7, 11) is -4.02. The number of nitrogens with zero attached hydrogens (tertiary/aromatic N) is 3. The molecule has 0 bridgehead atoms. The van der Waals surface area contributed by atoms with E-state index in [0.29, 0.717) is 11.2 Å². The summed E-state index contributed by atoms with van der Waals surface area (Å²) < 4.78 is 15.9. The van der Waals surface area contributed by atoms with E-state index in [1.165, 1.54) is 12.5 Å². The average Bonchev–Trinajstić information content (AvgIpc) is 2.63. The fourth-order valence-electron chi connectivity index (χ4n) is 1.01. The molecule has 0 aliphatic rings. The molecule has 0 aliphatic carbocycles. The Kier molecular flexibility index (Phi) is 2.26. The van der Waals surface area contributed by atoms with E-state index in [1.807, 2.05) is 0 Å². The quantitative estimate of drug-likeness (QED) is 0.577. The van der Waals surface area contributed by atoms with Gasteiger partial charge in [0.25, 0.3) is 5.57 Å². The summed E-state index contributed by atoms with van der Waals surface area (Å²) in [5.74, 6) is 0. The average molecular weight is 226 g/mol. The summed E-state index contributed by atoms with van der Waals surface area (Å²) >= 11 is 0. The summed E-state index contributed by atoms with van der Waals surface area (Å²) in [6.07, 6.45) is 3.65. The summed E-state index contributed by atoms with van der Waals surface area (Å²) in [6, 6.07) is 0. The zero-order chi connectivity index (χ0) is 10.9. The highest BCUT2D eigenvalue weighted by molar-refractivity contribution is 7.60. The SMILES string of the molecule is C=COP(=O)(O)c1ncc2[nH]cnc2n1. The van der Waals surface area contributed by atoms with E-state index in [9.17, 15) is 9.46 Å². The second-order valence-electron chi connectivity index (χ2n) is 2.60. The van der Waals surface area contributed by atoms with Gasteiger partial charge in [-0.05, 0) is 0 Å². The first-order valence-electron chi connectivity index (χ1n) is 3.92. The number of aromatic amines is 1. The van der Waals surface area contributed by atoms with Gasteiger partial charge in [0.15, 0.2) is 5.65 Å². The van der Waals surface area contributed by atoms with Gasteiger partial charge in [-0.3, -0.25) is 0 Å². The molecule has 7 nitrogen and oxygen atoms in total. The van der Waals surface area contributed by atoms with Gasteiger partial charge in [-0.15, -0.1) is 0 Å². The molecular formula is C7H7N4O3P. The molecule has 0 amide bonds. The van der Waals surface area contributed by atoms with E-state index in [2.05, 4.69) is 31.0 Å². The van der Waals surface area contributed by atoms with Crippen LogP contribution in [0.25, 0.3) is 11.2 Å². The van der Waals surface area contributed by atoms with E-state index < -0.39 is 7.60 Å². The third-order valence-electron chi connectivity index (χ3n) is 1.63. The van der Waals surface area contributed by atoms with Crippen LogP contribution >= 0.6 is 7.60 Å². The van der Waals surface area contributed by atoms with Gasteiger partial charge in [-0.25, -0.2) is 14.5 Å². The molecule has 15 heavy (non-hydrogen) atoms. The summed E-state index contributed by atoms with van der Waals surface area (Å²) in [4.78, 5) is 23.5. The lowest BCUT2D eigenvalue weighted by molar-refractivity contribution is 0.360. The maximum absolute atomic E-state index is 11.5. The molecule has 78 valence electrons. The number of hydrogen-bond acceptors (Lipinski definition) is 5. The normalized spacial score (nSPS) is 14.7. The van der Waals surface area contributed by atoms with Gasteiger partial charge < -0.3 is 14.4 Å². The molecule has 0 saturated carbocycles. The Bertz CT molecular complexity index is 552. The molecule has 0 aromatic carbocycles. The van der Waals surface area contributed by atoms with Gasteiger partial charge in [0.1, 0.15) is 5.52 Å². The first-order valence-corrected chi connectivity index (χ1v) is 5.50. The van der Waals surface area contributed by atoms with E-state index >= 15 is 0 Å². The topological polar surface area (TPSA) is 101 Å². The summed E-state index contributed by atoms with van der Waals surface area (Å²) in [5.41, 5.74) is 0.585. The smallest absolute Gasteiger partial charge is 0.428 e. The molecule has 0 saturated heterocycles. The van der Waals surface area contributed by atoms with Crippen molar-refractivity contribution >= 4 is 24.3 Å². The number of rotatable bonds is 3. The van der Waals surface area contributed by atoms with Crippen LogP contribution in [0.3, 0.4) is 0 Å². The standard InChI is InChI=1S/C7H7N4O3P/c1-2-14-15(12,13)7-8-3-5-6(11-7)10-4-9-5/h2-4H,1H2,(H,12,13)(H,8,9,10,11). The molecule has 2 rings (SSSR count). The molecule has 2 aromatic heterocycles. The number of hydrogen-bond donors (Lipinski definition) is 2. The van der Waals surface area contributed by atoms with Gasteiger partial charge in [0.05, 0.1) is 18.8 Å². The van der Waals surface area contributed by atoms with Crippen molar-refractivity contribution in [1.82, 2.24) is 19.9 Å². The van der Waals surface area contributed by atoms with Crippen LogP contribution in [-0.2, 0) is 9.09 Å². The fourth-order valence-corrected chi connectivity index (χ4v) is 1.73. The molecule has 2 N–H and O–H groups in total. The highest BCUT2D eigenvalue weighted by Crippen LogP contribution is 2.39. The number of imidazole rings is 1. The van der Waals surface area contributed by atoms with Crippen LogP contribution in [0.5, 0.6) is 0 Å². The first-order chi connectivity index (χ1) is 7.13. The third kappa shape index (κ3) is 1.74. The van der Waals surface area contributed by atoms with Crippen molar-refractivity contribution in [1.29, 1.82) is 0 Å². The van der Waals surface area contributed by atoms with Crippen molar-refractivity contribution in [3.05, 3.63) is 25.4 Å². The van der Waals surface area contributed by atoms with Crippen LogP contribution in [0.4, 0.5) is 0 Å². The summed E-state index contributed by atoms with van der Waals surface area (Å²) in [5, 5.41) is 0. The molecular weight excluding hydrogens is 219 g/mol. The fraction of sp³-hybridized carbons (Fsp3) is 0. The lowest BCUT2D eigenvalue weighted by atomic mass is 10.6. The number of nitrogens with one attached hydrogen (secondary N) is 1. The molecule has 1 unspecified atom stereocenters. The Labute approximate surface area is 84.4 Å². The predicted octanol–water partition coefficient (Wildman–Crippen LogP) is 0.324. The minimum atomic E-state index is -4.02. The third-order valence-corrected chi connectivity index (χ3v) is 2.79. The van der Waals surface area contributed by atoms with Gasteiger partial charge in [0, 0.05) is 0 Å². The minimum Gasteiger partial charge on any atom is -0.428 e. The Hall–Kier alpha value is -1.72. The first kappa shape index (κ1) is 9.82. The maximum atomic E-state index is 11.5. The van der Waals surface area contributed by atoms with E-state index in [0.717, 1.165) is 6.26 Å². The summed E-state index contributed by atoms with van der Waals surface area (Å²) in [6.45, 7) is 3.19. The van der Waals surface area contributed by atoms with Crippen molar-refractivity contribution in [2.75, 3.05) is 0 Å². The lowest BCUT2D eigenvalue weighted by Crippen LogP contribution is -2.14. The highest BCUT2D eigenvalue weighted by atomic mass is 31.2. The molecule has 2 aromatic rings. The zero-order valence-corrected chi connectivity index (χ0v) is 8.39. The minimum absolute atomic E-state index is 0.304. The molecule has 0 fully saturated rings. The number of aromatic nitrogens is 4. The van der Waals surface area contributed by atoms with Crippen molar-refractivity contribution in [2.24, 2.45) is 0 Å². The lowest BCUT2D eigenvalue weighted by Gasteiger charge is -2.06. The molecule has 2 heterocycles. The van der Waals surface area contributed by atoms with Crippen molar-refractivity contribution in [3.8, 4) is 0 Å². The second kappa shape index (κ2) is 3.45. The monoisotopic (exact) mass is 226 g/mol. The van der Waals surface area contributed by atoms with Crippen molar-refractivity contribution in [3.63, 3.8) is 0 Å². The maximum Gasteiger partial charge on any atom is 0.444 e. The van der Waals surface area contributed by atoms with E-state index in [4.69, 9.17) is 0 Å². The molecule has 0 spiro atoms. The van der Waals surface area contributed by atoms with Crippen LogP contribution < -0.4 is 5.57 Å². The number of H-pyrrole nitrogens is 1. The second-order valence-corrected chi connectivity index (χ2v) is 4.25. The van der Waals surface area contributed by atoms with Crippen LogP contribution in [0.2, 0.25) is 0 Å². The van der Waals surface area contributed by atoms with E-state index in [-0.39, 0.29) is 5.57 Å². The van der Waals surface area contributed by atoms with Gasteiger partial charge in [-0.2, -0.15) is 4.98 Å². The van der Waals surface area contributed by atoms with Crippen LogP contribution in [0, 0.1) is 0 Å². The Morgan fingerprint density at radius 1 is 1.60 bits per heavy atom. The highest BCUT2D eigenvalue weighted by Gasteiger charge is 2.27. The van der Waals surface area contributed by atoms with Crippen LogP contribution in [0.15, 0.2) is 25.4 Å². The molecule has 0 aliphatic heterocycles. The predicted molar refractivity (Wildman–Crippen MR) is 52.4 cm³/mol. The van der Waals surface area contributed by atoms with Crippen LogP contribution in [0.1, 0.15) is 0 Å². The van der Waals surface area contributed by atoms with Gasteiger partial charge >= 0.3 is 7.60 Å². The van der Waals surface area contributed by atoms with Gasteiger partial charge in [-0.1, -0.05) is 6.58 Å². The molecule has 0 radical (unpaired) electrons.